The highest BCUT2D eigenvalue weighted by Crippen LogP contribution is 2.39. The maximum Gasteiger partial charge on any atom is 0.278 e. The van der Waals surface area contributed by atoms with E-state index in [4.69, 9.17) is 23.2 Å². The Kier molecular flexibility index (Phi) is 6.68. The predicted molar refractivity (Wildman–Crippen MR) is 126 cm³/mol. The topological polar surface area (TPSA) is 40.6 Å². The van der Waals surface area contributed by atoms with E-state index in [1.807, 2.05) is 37.4 Å². The first-order chi connectivity index (χ1) is 15.0. The van der Waals surface area contributed by atoms with Gasteiger partial charge in [-0.15, -0.1) is 0 Å². The molecule has 1 aliphatic carbocycles. The van der Waals surface area contributed by atoms with E-state index in [1.54, 1.807) is 23.1 Å². The average molecular weight is 457 g/mol. The molecule has 2 aromatic carbocycles. The van der Waals surface area contributed by atoms with Crippen LogP contribution in [0.15, 0.2) is 54.2 Å². The van der Waals surface area contributed by atoms with Crippen molar-refractivity contribution in [3.8, 4) is 0 Å². The second kappa shape index (κ2) is 9.46. The summed E-state index contributed by atoms with van der Waals surface area (Å²) >= 11 is 12.6. The highest BCUT2D eigenvalue weighted by atomic mass is 35.5. The third-order valence-corrected chi connectivity index (χ3v) is 6.76. The van der Waals surface area contributed by atoms with Gasteiger partial charge < -0.3 is 4.90 Å². The summed E-state index contributed by atoms with van der Waals surface area (Å²) in [5.74, 6) is -0.513. The minimum absolute atomic E-state index is 0.0805. The molecule has 6 heteroatoms. The molecule has 0 radical (unpaired) electrons. The summed E-state index contributed by atoms with van der Waals surface area (Å²) in [6.45, 7) is 0. The fourth-order valence-corrected chi connectivity index (χ4v) is 5.09. The van der Waals surface area contributed by atoms with E-state index in [0.717, 1.165) is 44.2 Å². The summed E-state index contributed by atoms with van der Waals surface area (Å²) in [7, 11) is 1.82. The number of halogens is 2. The highest BCUT2D eigenvalue weighted by molar-refractivity contribution is 6.41. The third-order valence-electron chi connectivity index (χ3n) is 6.21. The van der Waals surface area contributed by atoms with E-state index in [9.17, 15) is 9.59 Å². The zero-order chi connectivity index (χ0) is 22.0. The number of amides is 2. The van der Waals surface area contributed by atoms with Gasteiger partial charge in [-0.05, 0) is 37.1 Å². The summed E-state index contributed by atoms with van der Waals surface area (Å²) in [5.41, 5.74) is 2.08. The summed E-state index contributed by atoms with van der Waals surface area (Å²) in [6, 6.07) is 14.5. The third kappa shape index (κ3) is 4.37. The van der Waals surface area contributed by atoms with Crippen LogP contribution in [0.25, 0.3) is 5.57 Å². The minimum Gasteiger partial charge on any atom is -0.339 e. The van der Waals surface area contributed by atoms with Gasteiger partial charge in [0.25, 0.3) is 11.8 Å². The molecular formula is C25H26Cl2N2O2. The summed E-state index contributed by atoms with van der Waals surface area (Å²) in [5, 5.41) is 0.850. The Balaban J connectivity index is 1.81. The standard InChI is InChI=1S/C25H26Cl2N2O2/c1-28(18-10-8-5-9-11-18)23-22(20-15-14-17(26)16-21(20)27)24(30)29(25(23)31)19-12-6-3-2-4-7-13-19/h5,8-11,14-16,19H,2-4,6-7,12-13H2,1H3. The number of anilines is 1. The van der Waals surface area contributed by atoms with Crippen LogP contribution in [0.3, 0.4) is 0 Å². The van der Waals surface area contributed by atoms with Crippen molar-refractivity contribution in [1.29, 1.82) is 0 Å². The molecule has 1 fully saturated rings. The SMILES string of the molecule is CN(C1=C(c2ccc(Cl)cc2Cl)C(=O)N(C2CCCCCCC2)C1=O)c1ccccc1. The molecule has 0 spiro atoms. The molecule has 4 nitrogen and oxygen atoms in total. The van der Waals surface area contributed by atoms with Crippen LogP contribution >= 0.6 is 23.2 Å². The molecule has 162 valence electrons. The number of imide groups is 1. The number of nitrogens with zero attached hydrogens (tertiary/aromatic N) is 2. The lowest BCUT2D eigenvalue weighted by Crippen LogP contribution is -2.42. The van der Waals surface area contributed by atoms with Crippen molar-refractivity contribution in [3.63, 3.8) is 0 Å². The molecule has 2 aliphatic rings. The lowest BCUT2D eigenvalue weighted by atomic mass is 9.95. The summed E-state index contributed by atoms with van der Waals surface area (Å²) < 4.78 is 0. The number of carbonyl (C=O) groups excluding carboxylic acids is 2. The number of benzene rings is 2. The first-order valence-corrected chi connectivity index (χ1v) is 11.6. The molecule has 2 aromatic rings. The second-order valence-electron chi connectivity index (χ2n) is 8.22. The van der Waals surface area contributed by atoms with Crippen LogP contribution in [0.4, 0.5) is 5.69 Å². The van der Waals surface area contributed by atoms with Crippen molar-refractivity contribution >= 4 is 46.3 Å². The lowest BCUT2D eigenvalue weighted by molar-refractivity contribution is -0.140. The Morgan fingerprint density at radius 1 is 0.871 bits per heavy atom. The van der Waals surface area contributed by atoms with Crippen molar-refractivity contribution in [3.05, 3.63) is 69.8 Å². The van der Waals surface area contributed by atoms with Crippen molar-refractivity contribution in [1.82, 2.24) is 4.90 Å². The minimum atomic E-state index is -0.266. The molecule has 0 saturated heterocycles. The van der Waals surface area contributed by atoms with E-state index in [-0.39, 0.29) is 17.9 Å². The number of rotatable bonds is 4. The van der Waals surface area contributed by atoms with Gasteiger partial charge in [0, 0.05) is 29.4 Å². The maximum atomic E-state index is 13.7. The van der Waals surface area contributed by atoms with Crippen LogP contribution in [0.1, 0.15) is 50.5 Å². The first kappa shape index (κ1) is 21.9. The number of likely N-dealkylation sites (N-methyl/N-ethyl adjacent to an activating group) is 1. The predicted octanol–water partition coefficient (Wildman–Crippen LogP) is 6.32. The smallest absolute Gasteiger partial charge is 0.278 e. The molecule has 1 aliphatic heterocycles. The van der Waals surface area contributed by atoms with Gasteiger partial charge in [0.1, 0.15) is 5.70 Å². The monoisotopic (exact) mass is 456 g/mol. The molecule has 1 saturated carbocycles. The molecule has 0 aromatic heterocycles. The Morgan fingerprint density at radius 2 is 1.52 bits per heavy atom. The van der Waals surface area contributed by atoms with E-state index < -0.39 is 0 Å². The highest BCUT2D eigenvalue weighted by Gasteiger charge is 2.44. The lowest BCUT2D eigenvalue weighted by Gasteiger charge is -2.29. The molecule has 2 amide bonds. The van der Waals surface area contributed by atoms with Gasteiger partial charge in [-0.1, -0.05) is 79.6 Å². The van der Waals surface area contributed by atoms with Gasteiger partial charge in [0.05, 0.1) is 10.6 Å². The average Bonchev–Trinajstić information content (AvgIpc) is 2.98. The van der Waals surface area contributed by atoms with Gasteiger partial charge in [0.15, 0.2) is 0 Å². The summed E-state index contributed by atoms with van der Waals surface area (Å²) in [6.07, 6.45) is 7.27. The van der Waals surface area contributed by atoms with E-state index in [2.05, 4.69) is 0 Å². The molecule has 31 heavy (non-hydrogen) atoms. The van der Waals surface area contributed by atoms with Crippen molar-refractivity contribution < 1.29 is 9.59 Å². The van der Waals surface area contributed by atoms with E-state index in [1.165, 1.54) is 11.3 Å². The van der Waals surface area contributed by atoms with Crippen LogP contribution in [0.2, 0.25) is 10.0 Å². The molecule has 0 N–H and O–H groups in total. The molecule has 1 heterocycles. The van der Waals surface area contributed by atoms with Crippen molar-refractivity contribution in [2.24, 2.45) is 0 Å². The Hall–Kier alpha value is -2.30. The van der Waals surface area contributed by atoms with E-state index >= 15 is 0 Å². The van der Waals surface area contributed by atoms with Crippen LogP contribution in [0.5, 0.6) is 0 Å². The quantitative estimate of drug-likeness (QED) is 0.505. The molecular weight excluding hydrogens is 431 g/mol. The van der Waals surface area contributed by atoms with Crippen molar-refractivity contribution in [2.75, 3.05) is 11.9 Å². The fraction of sp³-hybridized carbons (Fsp3) is 0.360. The van der Waals surface area contributed by atoms with Crippen LogP contribution in [0, 0.1) is 0 Å². The fourth-order valence-electron chi connectivity index (χ4n) is 4.59. The Bertz CT molecular complexity index is 1010. The van der Waals surface area contributed by atoms with Crippen molar-refractivity contribution in [2.45, 2.75) is 51.0 Å². The number of carbonyl (C=O) groups is 2. The van der Waals surface area contributed by atoms with Gasteiger partial charge in [-0.3, -0.25) is 14.5 Å². The van der Waals surface area contributed by atoms with Crippen LogP contribution in [-0.4, -0.2) is 29.8 Å². The van der Waals surface area contributed by atoms with E-state index in [0.29, 0.717) is 26.9 Å². The molecule has 0 bridgehead atoms. The van der Waals surface area contributed by atoms with Gasteiger partial charge in [-0.25, -0.2) is 0 Å². The number of hydrogen-bond donors (Lipinski definition) is 0. The Morgan fingerprint density at radius 3 is 2.16 bits per heavy atom. The summed E-state index contributed by atoms with van der Waals surface area (Å²) in [4.78, 5) is 30.7. The van der Waals surface area contributed by atoms with Crippen LogP contribution in [-0.2, 0) is 9.59 Å². The number of hydrogen-bond acceptors (Lipinski definition) is 3. The molecule has 4 rings (SSSR count). The normalized spacial score (nSPS) is 18.4. The second-order valence-corrected chi connectivity index (χ2v) is 9.07. The maximum absolute atomic E-state index is 13.7. The zero-order valence-corrected chi connectivity index (χ0v) is 19.1. The van der Waals surface area contributed by atoms with Crippen LogP contribution < -0.4 is 4.90 Å². The Labute approximate surface area is 193 Å². The van der Waals surface area contributed by atoms with Gasteiger partial charge in [0.2, 0.25) is 0 Å². The molecule has 0 unspecified atom stereocenters. The zero-order valence-electron chi connectivity index (χ0n) is 17.6. The van der Waals surface area contributed by atoms with Gasteiger partial charge in [-0.2, -0.15) is 0 Å². The number of para-hydroxylation sites is 1. The van der Waals surface area contributed by atoms with Gasteiger partial charge >= 0.3 is 0 Å². The molecule has 0 atom stereocenters. The first-order valence-electron chi connectivity index (χ1n) is 10.9. The largest absolute Gasteiger partial charge is 0.339 e.